The molecule has 0 radical (unpaired) electrons. The zero-order valence-electron chi connectivity index (χ0n) is 8.09. The molecule has 64 valence electrons. The van der Waals surface area contributed by atoms with Gasteiger partial charge in [0.05, 0.1) is 0 Å². The summed E-state index contributed by atoms with van der Waals surface area (Å²) in [5.74, 6) is 0. The number of allylic oxidation sites excluding steroid dienone is 4. The van der Waals surface area contributed by atoms with E-state index >= 15 is 0 Å². The Kier molecular flexibility index (Phi) is 5.86. The third-order valence-corrected chi connectivity index (χ3v) is 1.30. The first-order valence-corrected chi connectivity index (χ1v) is 4.12. The number of rotatable bonds is 1. The zero-order chi connectivity index (χ0) is 8.69. The van der Waals surface area contributed by atoms with E-state index in [1.807, 2.05) is 26.0 Å². The van der Waals surface area contributed by atoms with E-state index < -0.39 is 0 Å². The van der Waals surface area contributed by atoms with Crippen LogP contribution in [0, 0.1) is 0 Å². The summed E-state index contributed by atoms with van der Waals surface area (Å²) in [6.45, 7) is 2.19. The van der Waals surface area contributed by atoms with Crippen molar-refractivity contribution in [3.63, 3.8) is 0 Å². The van der Waals surface area contributed by atoms with Crippen LogP contribution in [0.5, 0.6) is 0 Å². The van der Waals surface area contributed by atoms with Crippen LogP contribution in [0.25, 0.3) is 0 Å². The maximum absolute atomic E-state index is 2.19. The molecule has 1 aliphatic carbocycles. The van der Waals surface area contributed by atoms with Gasteiger partial charge in [0, 0.05) is 0 Å². The van der Waals surface area contributed by atoms with Crippen LogP contribution in [0.15, 0.2) is 23.8 Å². The van der Waals surface area contributed by atoms with Gasteiger partial charge in [-0.25, -0.2) is 0 Å². The van der Waals surface area contributed by atoms with Crippen molar-refractivity contribution in [1.29, 1.82) is 0 Å². The first kappa shape index (κ1) is 10.4. The molecule has 0 aromatic carbocycles. The van der Waals surface area contributed by atoms with Gasteiger partial charge < -0.3 is 4.90 Å². The monoisotopic (exact) mass is 153 g/mol. The molecule has 1 aliphatic rings. The lowest BCUT2D eigenvalue weighted by atomic mass is 10.2. The highest BCUT2D eigenvalue weighted by Gasteiger charge is 1.91. The lowest BCUT2D eigenvalue weighted by molar-refractivity contribution is 0.505. The molecule has 1 heteroatoms. The summed E-state index contributed by atoms with van der Waals surface area (Å²) in [6.07, 6.45) is 8.92. The van der Waals surface area contributed by atoms with Crippen molar-refractivity contribution in [2.24, 2.45) is 0 Å². The van der Waals surface area contributed by atoms with Crippen LogP contribution >= 0.6 is 0 Å². The molecule has 0 heterocycles. The van der Waals surface area contributed by atoms with Crippen molar-refractivity contribution in [3.05, 3.63) is 23.8 Å². The van der Waals surface area contributed by atoms with E-state index in [0.717, 1.165) is 0 Å². The summed E-state index contributed by atoms with van der Waals surface area (Å²) in [5.41, 5.74) is 1.56. The molecule has 11 heavy (non-hydrogen) atoms. The number of hydrogen-bond acceptors (Lipinski definition) is 1. The molecule has 0 aromatic rings. The molecule has 1 nitrogen and oxygen atoms in total. The lowest BCUT2D eigenvalue weighted by Crippen LogP contribution is -1.99. The van der Waals surface area contributed by atoms with Gasteiger partial charge in [-0.1, -0.05) is 30.7 Å². The first-order valence-electron chi connectivity index (χ1n) is 4.12. The summed E-state index contributed by atoms with van der Waals surface area (Å²) < 4.78 is 0. The van der Waals surface area contributed by atoms with E-state index in [0.29, 0.717) is 0 Å². The molecule has 0 bridgehead atoms. The third kappa shape index (κ3) is 7.34. The molecule has 0 N–H and O–H groups in total. The molecule has 0 atom stereocenters. The van der Waals surface area contributed by atoms with Crippen molar-refractivity contribution in [2.45, 2.75) is 19.8 Å². The molecule has 0 unspecified atom stereocenters. The Balaban J connectivity index is 0.000000218. The minimum Gasteiger partial charge on any atom is -0.312 e. The third-order valence-electron chi connectivity index (χ3n) is 1.30. The van der Waals surface area contributed by atoms with E-state index in [1.165, 1.54) is 12.8 Å². The smallest absolute Gasteiger partial charge is 0.0133 e. The summed E-state index contributed by atoms with van der Waals surface area (Å²) in [5, 5.41) is 0. The fourth-order valence-electron chi connectivity index (χ4n) is 0.754. The fourth-order valence-corrected chi connectivity index (χ4v) is 0.754. The predicted molar refractivity (Wildman–Crippen MR) is 51.7 cm³/mol. The SMILES string of the molecule is CCC1=CC=CC1.CN(C)C. The minimum atomic E-state index is 1.19. The maximum Gasteiger partial charge on any atom is -0.0133 e. The van der Waals surface area contributed by atoms with Gasteiger partial charge in [-0.3, -0.25) is 0 Å². The van der Waals surface area contributed by atoms with E-state index in [2.05, 4.69) is 25.2 Å². The number of nitrogens with zero attached hydrogens (tertiary/aromatic N) is 1. The average molecular weight is 153 g/mol. The second-order valence-corrected chi connectivity index (χ2v) is 3.15. The molecular formula is C10H19N. The van der Waals surface area contributed by atoms with Gasteiger partial charge in [0.2, 0.25) is 0 Å². The topological polar surface area (TPSA) is 3.24 Å². The summed E-state index contributed by atoms with van der Waals surface area (Å²) in [6, 6.07) is 0. The van der Waals surface area contributed by atoms with Crippen molar-refractivity contribution < 1.29 is 0 Å². The average Bonchev–Trinajstić information content (AvgIpc) is 2.36. The van der Waals surface area contributed by atoms with Crippen molar-refractivity contribution >= 4 is 0 Å². The van der Waals surface area contributed by atoms with Crippen LogP contribution in [0.2, 0.25) is 0 Å². The zero-order valence-corrected chi connectivity index (χ0v) is 8.09. The van der Waals surface area contributed by atoms with Crippen molar-refractivity contribution in [3.8, 4) is 0 Å². The quantitative estimate of drug-likeness (QED) is 0.559. The normalized spacial score (nSPS) is 14.5. The highest BCUT2D eigenvalue weighted by atomic mass is 15.0. The Bertz CT molecular complexity index is 140. The lowest BCUT2D eigenvalue weighted by Gasteiger charge is -1.90. The van der Waals surface area contributed by atoms with Crippen LogP contribution in [0.1, 0.15) is 19.8 Å². The van der Waals surface area contributed by atoms with Crippen LogP contribution in [-0.4, -0.2) is 26.0 Å². The Morgan fingerprint density at radius 1 is 1.36 bits per heavy atom. The summed E-state index contributed by atoms with van der Waals surface area (Å²) >= 11 is 0. The van der Waals surface area contributed by atoms with Crippen molar-refractivity contribution in [1.82, 2.24) is 4.90 Å². The highest BCUT2D eigenvalue weighted by molar-refractivity contribution is 5.22. The van der Waals surface area contributed by atoms with Gasteiger partial charge in [0.15, 0.2) is 0 Å². The fraction of sp³-hybridized carbons (Fsp3) is 0.600. The van der Waals surface area contributed by atoms with Gasteiger partial charge in [-0.05, 0) is 34.0 Å². The second kappa shape index (κ2) is 6.17. The van der Waals surface area contributed by atoms with Crippen LogP contribution in [0.3, 0.4) is 0 Å². The Labute approximate surface area is 70.4 Å². The van der Waals surface area contributed by atoms with Crippen LogP contribution in [-0.2, 0) is 0 Å². The Morgan fingerprint density at radius 2 is 1.91 bits per heavy atom. The van der Waals surface area contributed by atoms with E-state index in [4.69, 9.17) is 0 Å². The van der Waals surface area contributed by atoms with E-state index in [1.54, 1.807) is 5.57 Å². The summed E-state index contributed by atoms with van der Waals surface area (Å²) in [7, 11) is 6.00. The van der Waals surface area contributed by atoms with Gasteiger partial charge in [0.25, 0.3) is 0 Å². The number of hydrogen-bond donors (Lipinski definition) is 0. The van der Waals surface area contributed by atoms with Gasteiger partial charge >= 0.3 is 0 Å². The van der Waals surface area contributed by atoms with Gasteiger partial charge in [-0.2, -0.15) is 0 Å². The molecule has 0 amide bonds. The molecule has 0 fully saturated rings. The van der Waals surface area contributed by atoms with Crippen LogP contribution in [0.4, 0.5) is 0 Å². The Hall–Kier alpha value is -0.560. The van der Waals surface area contributed by atoms with Crippen molar-refractivity contribution in [2.75, 3.05) is 21.1 Å². The first-order chi connectivity index (χ1) is 5.16. The molecule has 0 aromatic heterocycles. The second-order valence-electron chi connectivity index (χ2n) is 3.15. The highest BCUT2D eigenvalue weighted by Crippen LogP contribution is 2.12. The maximum atomic E-state index is 2.19. The van der Waals surface area contributed by atoms with Gasteiger partial charge in [-0.15, -0.1) is 0 Å². The van der Waals surface area contributed by atoms with E-state index in [-0.39, 0.29) is 0 Å². The Morgan fingerprint density at radius 3 is 2.09 bits per heavy atom. The minimum absolute atomic E-state index is 1.19. The molecule has 0 aliphatic heterocycles. The molecule has 0 saturated heterocycles. The molecule has 0 saturated carbocycles. The largest absolute Gasteiger partial charge is 0.312 e. The van der Waals surface area contributed by atoms with Crippen LogP contribution < -0.4 is 0 Å². The predicted octanol–water partition coefficient (Wildman–Crippen LogP) is 2.46. The standard InChI is InChI=1S/C7H10.C3H9N/c1-2-7-5-3-4-6-7;1-4(2)3/h3-5H,2,6H2,1H3;1-3H3. The van der Waals surface area contributed by atoms with Gasteiger partial charge in [0.1, 0.15) is 0 Å². The summed E-state index contributed by atoms with van der Waals surface area (Å²) in [4.78, 5) is 2.00. The molecular weight excluding hydrogens is 134 g/mol. The molecule has 0 spiro atoms. The van der Waals surface area contributed by atoms with E-state index in [9.17, 15) is 0 Å². The molecule has 1 rings (SSSR count).